The Balaban J connectivity index is 1.66. The van der Waals surface area contributed by atoms with Gasteiger partial charge in [0.25, 0.3) is 5.91 Å². The van der Waals surface area contributed by atoms with E-state index in [2.05, 4.69) is 27.5 Å². The van der Waals surface area contributed by atoms with Crippen LogP contribution in [0.25, 0.3) is 0 Å². The van der Waals surface area contributed by atoms with Gasteiger partial charge in [-0.1, -0.05) is 18.2 Å². The van der Waals surface area contributed by atoms with E-state index in [9.17, 15) is 4.79 Å². The maximum Gasteiger partial charge on any atom is 0.251 e. The van der Waals surface area contributed by atoms with E-state index in [0.717, 1.165) is 64.2 Å². The van der Waals surface area contributed by atoms with Gasteiger partial charge in [0.1, 0.15) is 0 Å². The van der Waals surface area contributed by atoms with Gasteiger partial charge in [0.05, 0.1) is 0 Å². The minimum Gasteiger partial charge on any atom is -0.350 e. The van der Waals surface area contributed by atoms with Gasteiger partial charge in [-0.05, 0) is 45.1 Å². The van der Waals surface area contributed by atoms with E-state index in [1.165, 1.54) is 0 Å². The molecule has 23 heavy (non-hydrogen) atoms. The van der Waals surface area contributed by atoms with Crippen molar-refractivity contribution in [3.63, 3.8) is 0 Å². The third-order valence-electron chi connectivity index (χ3n) is 5.32. The number of rotatable bonds is 4. The summed E-state index contributed by atoms with van der Waals surface area (Å²) in [5.74, 6) is 0.0395. The molecule has 1 aromatic rings. The standard InChI is InChI=1S/C18H28N4O/c1-21-11-13-22(14-12-21)18(7-9-19-10-8-18)15-20-17(23)16-5-3-2-4-6-16/h2-6,19H,7-15H2,1H3,(H,20,23). The monoisotopic (exact) mass is 316 g/mol. The number of hydrogen-bond acceptors (Lipinski definition) is 4. The molecule has 126 valence electrons. The quantitative estimate of drug-likeness (QED) is 0.862. The van der Waals surface area contributed by atoms with Crippen LogP contribution >= 0.6 is 0 Å². The molecule has 0 radical (unpaired) electrons. The van der Waals surface area contributed by atoms with Crippen molar-refractivity contribution in [2.75, 3.05) is 52.9 Å². The fourth-order valence-electron chi connectivity index (χ4n) is 3.71. The van der Waals surface area contributed by atoms with Gasteiger partial charge in [0.2, 0.25) is 0 Å². The molecule has 0 unspecified atom stereocenters. The smallest absolute Gasteiger partial charge is 0.251 e. The Labute approximate surface area is 139 Å². The predicted molar refractivity (Wildman–Crippen MR) is 92.7 cm³/mol. The molecule has 2 fully saturated rings. The Morgan fingerprint density at radius 3 is 2.43 bits per heavy atom. The second-order valence-corrected chi connectivity index (χ2v) is 6.81. The van der Waals surface area contributed by atoms with Crippen LogP contribution in [0.15, 0.2) is 30.3 Å². The molecule has 5 nitrogen and oxygen atoms in total. The summed E-state index contributed by atoms with van der Waals surface area (Å²) in [5, 5.41) is 6.65. The number of piperazine rings is 1. The summed E-state index contributed by atoms with van der Waals surface area (Å²) in [5.41, 5.74) is 0.853. The van der Waals surface area contributed by atoms with E-state index in [1.807, 2.05) is 30.3 Å². The Morgan fingerprint density at radius 2 is 1.78 bits per heavy atom. The summed E-state index contributed by atoms with van der Waals surface area (Å²) in [7, 11) is 2.18. The molecule has 0 aliphatic carbocycles. The number of nitrogens with zero attached hydrogens (tertiary/aromatic N) is 2. The molecule has 2 aliphatic rings. The van der Waals surface area contributed by atoms with E-state index in [-0.39, 0.29) is 11.4 Å². The molecule has 0 atom stereocenters. The van der Waals surface area contributed by atoms with Crippen molar-refractivity contribution in [3.05, 3.63) is 35.9 Å². The molecule has 0 bridgehead atoms. The normalized spacial score (nSPS) is 22.7. The molecule has 1 aromatic carbocycles. The van der Waals surface area contributed by atoms with Gasteiger partial charge < -0.3 is 15.5 Å². The largest absolute Gasteiger partial charge is 0.350 e. The van der Waals surface area contributed by atoms with Crippen molar-refractivity contribution in [1.29, 1.82) is 0 Å². The van der Waals surface area contributed by atoms with E-state index in [0.29, 0.717) is 0 Å². The van der Waals surface area contributed by atoms with Crippen molar-refractivity contribution < 1.29 is 4.79 Å². The van der Waals surface area contributed by atoms with Crippen LogP contribution in [-0.2, 0) is 0 Å². The van der Waals surface area contributed by atoms with Gasteiger partial charge in [0.15, 0.2) is 0 Å². The van der Waals surface area contributed by atoms with E-state index in [1.54, 1.807) is 0 Å². The van der Waals surface area contributed by atoms with Crippen molar-refractivity contribution >= 4 is 5.91 Å². The van der Waals surface area contributed by atoms with Crippen molar-refractivity contribution in [2.24, 2.45) is 0 Å². The van der Waals surface area contributed by atoms with E-state index < -0.39 is 0 Å². The zero-order valence-corrected chi connectivity index (χ0v) is 14.1. The highest BCUT2D eigenvalue weighted by molar-refractivity contribution is 5.94. The average Bonchev–Trinajstić information content (AvgIpc) is 2.62. The van der Waals surface area contributed by atoms with Crippen LogP contribution in [0, 0.1) is 0 Å². The fourth-order valence-corrected chi connectivity index (χ4v) is 3.71. The lowest BCUT2D eigenvalue weighted by Gasteiger charge is -2.49. The molecule has 2 saturated heterocycles. The summed E-state index contributed by atoms with van der Waals surface area (Å²) in [6.07, 6.45) is 2.21. The number of nitrogens with one attached hydrogen (secondary N) is 2. The molecule has 2 heterocycles. The van der Waals surface area contributed by atoms with E-state index in [4.69, 9.17) is 0 Å². The minimum absolute atomic E-state index is 0.0395. The third kappa shape index (κ3) is 3.91. The van der Waals surface area contributed by atoms with Crippen LogP contribution in [0.2, 0.25) is 0 Å². The Kier molecular flexibility index (Phi) is 5.30. The number of carbonyl (C=O) groups excluding carboxylic acids is 1. The molecule has 2 N–H and O–H groups in total. The molecule has 5 heteroatoms. The van der Waals surface area contributed by atoms with Gasteiger partial charge in [-0.25, -0.2) is 0 Å². The summed E-state index contributed by atoms with van der Waals surface area (Å²) < 4.78 is 0. The zero-order chi connectivity index (χ0) is 16.1. The number of carbonyl (C=O) groups is 1. The fraction of sp³-hybridized carbons (Fsp3) is 0.611. The highest BCUT2D eigenvalue weighted by atomic mass is 16.1. The molecule has 2 aliphatic heterocycles. The van der Waals surface area contributed by atoms with Gasteiger partial charge in [-0.15, -0.1) is 0 Å². The summed E-state index contributed by atoms with van der Waals surface area (Å²) in [6, 6.07) is 9.52. The lowest BCUT2D eigenvalue weighted by molar-refractivity contribution is 0.0182. The first-order valence-electron chi connectivity index (χ1n) is 8.67. The maximum atomic E-state index is 12.4. The second-order valence-electron chi connectivity index (χ2n) is 6.81. The topological polar surface area (TPSA) is 47.6 Å². The highest BCUT2D eigenvalue weighted by Crippen LogP contribution is 2.27. The van der Waals surface area contributed by atoms with Crippen LogP contribution < -0.4 is 10.6 Å². The first-order valence-corrected chi connectivity index (χ1v) is 8.67. The number of piperidine rings is 1. The van der Waals surface area contributed by atoms with Crippen molar-refractivity contribution in [2.45, 2.75) is 18.4 Å². The zero-order valence-electron chi connectivity index (χ0n) is 14.1. The molecule has 0 aromatic heterocycles. The lowest BCUT2D eigenvalue weighted by Crippen LogP contribution is -2.63. The van der Waals surface area contributed by atoms with Crippen LogP contribution in [0.5, 0.6) is 0 Å². The van der Waals surface area contributed by atoms with Gasteiger partial charge >= 0.3 is 0 Å². The summed E-state index contributed by atoms with van der Waals surface area (Å²) in [6.45, 7) is 7.23. The summed E-state index contributed by atoms with van der Waals surface area (Å²) in [4.78, 5) is 17.4. The summed E-state index contributed by atoms with van der Waals surface area (Å²) >= 11 is 0. The Morgan fingerprint density at radius 1 is 1.13 bits per heavy atom. The Bertz CT molecular complexity index is 505. The van der Waals surface area contributed by atoms with Crippen LogP contribution in [0.4, 0.5) is 0 Å². The van der Waals surface area contributed by atoms with Gasteiger partial charge in [0, 0.05) is 43.8 Å². The molecular weight excluding hydrogens is 288 g/mol. The van der Waals surface area contributed by atoms with Crippen LogP contribution in [0.1, 0.15) is 23.2 Å². The SMILES string of the molecule is CN1CCN(C2(CNC(=O)c3ccccc3)CCNCC2)CC1. The number of amides is 1. The molecule has 0 saturated carbocycles. The molecule has 1 amide bonds. The first-order chi connectivity index (χ1) is 11.2. The van der Waals surface area contributed by atoms with Crippen molar-refractivity contribution in [3.8, 4) is 0 Å². The van der Waals surface area contributed by atoms with Crippen LogP contribution in [0.3, 0.4) is 0 Å². The predicted octanol–water partition coefficient (Wildman–Crippen LogP) is 0.786. The number of hydrogen-bond donors (Lipinski definition) is 2. The van der Waals surface area contributed by atoms with Crippen molar-refractivity contribution in [1.82, 2.24) is 20.4 Å². The molecular formula is C18H28N4O. The van der Waals surface area contributed by atoms with Gasteiger partial charge in [-0.3, -0.25) is 9.69 Å². The minimum atomic E-state index is 0.0395. The lowest BCUT2D eigenvalue weighted by atomic mass is 9.85. The van der Waals surface area contributed by atoms with Crippen LogP contribution in [-0.4, -0.2) is 74.1 Å². The Hall–Kier alpha value is -1.43. The maximum absolute atomic E-state index is 12.4. The third-order valence-corrected chi connectivity index (χ3v) is 5.32. The number of benzene rings is 1. The molecule has 3 rings (SSSR count). The van der Waals surface area contributed by atoms with Gasteiger partial charge in [-0.2, -0.15) is 0 Å². The number of likely N-dealkylation sites (N-methyl/N-ethyl adjacent to an activating group) is 1. The van der Waals surface area contributed by atoms with E-state index >= 15 is 0 Å². The molecule has 0 spiro atoms. The highest BCUT2D eigenvalue weighted by Gasteiger charge is 2.39. The second kappa shape index (κ2) is 7.43. The average molecular weight is 316 g/mol. The first kappa shape index (κ1) is 16.4.